The van der Waals surface area contributed by atoms with Crippen molar-refractivity contribution in [3.05, 3.63) is 48.3 Å². The fourth-order valence-corrected chi connectivity index (χ4v) is 3.43. The van der Waals surface area contributed by atoms with Crippen LogP contribution in [0.4, 0.5) is 0 Å². The van der Waals surface area contributed by atoms with E-state index >= 15 is 0 Å². The molecular formula is C15H18N2O3S. The minimum Gasteiger partial charge on any atom is -0.472 e. The standard InChI is InChI=1S/C15H18N2O3S/c18-15(14-2-1-6-20-14)16-10-13(12-3-7-19-11-12)17-4-8-21-9-5-17/h1-3,6-7,11,13H,4-5,8-10H2,(H,16,18). The third-order valence-corrected chi connectivity index (χ3v) is 4.56. The number of hydrogen-bond acceptors (Lipinski definition) is 5. The number of nitrogens with zero attached hydrogens (tertiary/aromatic N) is 1. The topological polar surface area (TPSA) is 58.6 Å². The first-order valence-corrected chi connectivity index (χ1v) is 8.15. The molecule has 3 heterocycles. The zero-order valence-corrected chi connectivity index (χ0v) is 12.5. The van der Waals surface area contributed by atoms with Crippen LogP contribution in [0, 0.1) is 0 Å². The van der Waals surface area contributed by atoms with Crippen LogP contribution in [0.3, 0.4) is 0 Å². The predicted octanol–water partition coefficient (Wildman–Crippen LogP) is 2.39. The molecule has 1 N–H and O–H groups in total. The van der Waals surface area contributed by atoms with Crippen molar-refractivity contribution in [1.29, 1.82) is 0 Å². The zero-order valence-electron chi connectivity index (χ0n) is 11.7. The number of amides is 1. The molecule has 5 nitrogen and oxygen atoms in total. The Kier molecular flexibility index (Phi) is 4.67. The summed E-state index contributed by atoms with van der Waals surface area (Å²) >= 11 is 1.97. The average molecular weight is 306 g/mol. The molecule has 0 aromatic carbocycles. The molecule has 2 aromatic rings. The molecular weight excluding hydrogens is 288 g/mol. The predicted molar refractivity (Wildman–Crippen MR) is 81.4 cm³/mol. The molecule has 2 aromatic heterocycles. The second-order valence-electron chi connectivity index (χ2n) is 4.91. The fourth-order valence-electron chi connectivity index (χ4n) is 2.50. The van der Waals surface area contributed by atoms with Gasteiger partial charge >= 0.3 is 0 Å². The second kappa shape index (κ2) is 6.87. The Morgan fingerprint density at radius 2 is 2.19 bits per heavy atom. The molecule has 1 unspecified atom stereocenters. The fraction of sp³-hybridized carbons (Fsp3) is 0.400. The third kappa shape index (κ3) is 3.51. The number of carbonyl (C=O) groups is 1. The molecule has 6 heteroatoms. The molecule has 1 aliphatic rings. The normalized spacial score (nSPS) is 17.5. The summed E-state index contributed by atoms with van der Waals surface area (Å²) in [5, 5.41) is 2.95. The zero-order chi connectivity index (χ0) is 14.5. The maximum Gasteiger partial charge on any atom is 0.287 e. The van der Waals surface area contributed by atoms with E-state index in [1.54, 1.807) is 24.7 Å². The Balaban J connectivity index is 1.66. The van der Waals surface area contributed by atoms with Gasteiger partial charge in [0.1, 0.15) is 0 Å². The second-order valence-corrected chi connectivity index (χ2v) is 6.13. The van der Waals surface area contributed by atoms with Crippen molar-refractivity contribution >= 4 is 17.7 Å². The molecule has 0 radical (unpaired) electrons. The van der Waals surface area contributed by atoms with Crippen molar-refractivity contribution < 1.29 is 13.6 Å². The Labute approximate surface area is 127 Å². The number of rotatable bonds is 5. The Hall–Kier alpha value is -1.66. The summed E-state index contributed by atoms with van der Waals surface area (Å²) in [5.74, 6) is 2.41. The number of hydrogen-bond donors (Lipinski definition) is 1. The average Bonchev–Trinajstić information content (AvgIpc) is 3.22. The minimum absolute atomic E-state index is 0.142. The van der Waals surface area contributed by atoms with Crippen LogP contribution in [0.1, 0.15) is 22.2 Å². The highest BCUT2D eigenvalue weighted by atomic mass is 32.2. The molecule has 0 aliphatic carbocycles. The Morgan fingerprint density at radius 3 is 2.86 bits per heavy atom. The smallest absolute Gasteiger partial charge is 0.287 e. The molecule has 0 spiro atoms. The van der Waals surface area contributed by atoms with Crippen LogP contribution in [-0.4, -0.2) is 41.9 Å². The Bertz CT molecular complexity index is 548. The van der Waals surface area contributed by atoms with Gasteiger partial charge in [-0.2, -0.15) is 11.8 Å². The van der Waals surface area contributed by atoms with Crippen LogP contribution in [-0.2, 0) is 0 Å². The number of nitrogens with one attached hydrogen (secondary N) is 1. The van der Waals surface area contributed by atoms with Crippen molar-refractivity contribution in [3.8, 4) is 0 Å². The van der Waals surface area contributed by atoms with Crippen LogP contribution < -0.4 is 5.32 Å². The van der Waals surface area contributed by atoms with Crippen LogP contribution in [0.2, 0.25) is 0 Å². The molecule has 21 heavy (non-hydrogen) atoms. The summed E-state index contributed by atoms with van der Waals surface area (Å²) in [6.07, 6.45) is 4.94. The number of thioether (sulfide) groups is 1. The SMILES string of the molecule is O=C(NCC(c1ccoc1)N1CCSCC1)c1ccco1. The van der Waals surface area contributed by atoms with Crippen molar-refractivity contribution in [1.82, 2.24) is 10.2 Å². The van der Waals surface area contributed by atoms with E-state index in [0.717, 1.165) is 30.2 Å². The number of carbonyl (C=O) groups excluding carboxylic acids is 1. The van der Waals surface area contributed by atoms with Gasteiger partial charge in [-0.15, -0.1) is 0 Å². The first kappa shape index (κ1) is 14.3. The van der Waals surface area contributed by atoms with Crippen molar-refractivity contribution in [2.45, 2.75) is 6.04 Å². The molecule has 1 amide bonds. The van der Waals surface area contributed by atoms with E-state index in [9.17, 15) is 4.79 Å². The highest BCUT2D eigenvalue weighted by Gasteiger charge is 2.24. The highest BCUT2D eigenvalue weighted by Crippen LogP contribution is 2.24. The van der Waals surface area contributed by atoms with Crippen LogP contribution >= 0.6 is 11.8 Å². The van der Waals surface area contributed by atoms with Gasteiger partial charge in [0.25, 0.3) is 5.91 Å². The van der Waals surface area contributed by atoms with E-state index in [4.69, 9.17) is 8.83 Å². The molecule has 1 saturated heterocycles. The summed E-state index contributed by atoms with van der Waals surface area (Å²) in [4.78, 5) is 14.4. The summed E-state index contributed by atoms with van der Waals surface area (Å²) < 4.78 is 10.3. The van der Waals surface area contributed by atoms with E-state index in [0.29, 0.717) is 12.3 Å². The summed E-state index contributed by atoms with van der Waals surface area (Å²) in [7, 11) is 0. The molecule has 0 saturated carbocycles. The van der Waals surface area contributed by atoms with Gasteiger partial charge in [-0.25, -0.2) is 0 Å². The van der Waals surface area contributed by atoms with E-state index in [2.05, 4.69) is 10.2 Å². The maximum atomic E-state index is 12.0. The first-order chi connectivity index (χ1) is 10.3. The maximum absolute atomic E-state index is 12.0. The van der Waals surface area contributed by atoms with E-state index in [1.807, 2.05) is 17.8 Å². The summed E-state index contributed by atoms with van der Waals surface area (Å²) in [6, 6.07) is 5.48. The van der Waals surface area contributed by atoms with E-state index in [-0.39, 0.29) is 11.9 Å². The van der Waals surface area contributed by atoms with Crippen molar-refractivity contribution in [3.63, 3.8) is 0 Å². The molecule has 1 fully saturated rings. The number of furan rings is 2. The lowest BCUT2D eigenvalue weighted by Crippen LogP contribution is -2.41. The van der Waals surface area contributed by atoms with E-state index < -0.39 is 0 Å². The molecule has 0 bridgehead atoms. The van der Waals surface area contributed by atoms with Crippen molar-refractivity contribution in [2.75, 3.05) is 31.1 Å². The largest absolute Gasteiger partial charge is 0.472 e. The van der Waals surface area contributed by atoms with Gasteiger partial charge in [0.05, 0.1) is 24.8 Å². The van der Waals surface area contributed by atoms with Gasteiger partial charge in [-0.3, -0.25) is 9.69 Å². The van der Waals surface area contributed by atoms with Gasteiger partial charge in [0, 0.05) is 36.7 Å². The lowest BCUT2D eigenvalue weighted by molar-refractivity contribution is 0.0907. The highest BCUT2D eigenvalue weighted by molar-refractivity contribution is 7.99. The molecule has 1 aliphatic heterocycles. The summed E-state index contributed by atoms with van der Waals surface area (Å²) in [5.41, 5.74) is 1.10. The minimum atomic E-state index is -0.181. The molecule has 1 atom stereocenters. The van der Waals surface area contributed by atoms with Crippen molar-refractivity contribution in [2.24, 2.45) is 0 Å². The lowest BCUT2D eigenvalue weighted by atomic mass is 10.1. The lowest BCUT2D eigenvalue weighted by Gasteiger charge is -2.33. The van der Waals surface area contributed by atoms with Gasteiger partial charge in [0.2, 0.25) is 0 Å². The van der Waals surface area contributed by atoms with E-state index in [1.165, 1.54) is 6.26 Å². The molecule has 112 valence electrons. The van der Waals surface area contributed by atoms with Crippen LogP contribution in [0.15, 0.2) is 45.8 Å². The monoisotopic (exact) mass is 306 g/mol. The van der Waals surface area contributed by atoms with Gasteiger partial charge in [0.15, 0.2) is 5.76 Å². The summed E-state index contributed by atoms with van der Waals surface area (Å²) in [6.45, 7) is 2.60. The van der Waals surface area contributed by atoms with Crippen LogP contribution in [0.5, 0.6) is 0 Å². The third-order valence-electron chi connectivity index (χ3n) is 3.62. The molecule has 3 rings (SSSR count). The van der Waals surface area contributed by atoms with Crippen LogP contribution in [0.25, 0.3) is 0 Å². The van der Waals surface area contributed by atoms with Gasteiger partial charge in [-0.1, -0.05) is 0 Å². The first-order valence-electron chi connectivity index (χ1n) is 7.00. The van der Waals surface area contributed by atoms with Gasteiger partial charge < -0.3 is 14.2 Å². The Morgan fingerprint density at radius 1 is 1.33 bits per heavy atom. The van der Waals surface area contributed by atoms with Gasteiger partial charge in [-0.05, 0) is 18.2 Å². The quantitative estimate of drug-likeness (QED) is 0.919.